The molecule has 0 aliphatic carbocycles. The number of rotatable bonds is 5. The van der Waals surface area contributed by atoms with Crippen LogP contribution in [0.25, 0.3) is 0 Å². The van der Waals surface area contributed by atoms with Gasteiger partial charge in [-0.1, -0.05) is 6.07 Å². The summed E-state index contributed by atoms with van der Waals surface area (Å²) >= 11 is 0. The highest BCUT2D eigenvalue weighted by molar-refractivity contribution is 14.0. The van der Waals surface area contributed by atoms with Crippen LogP contribution >= 0.6 is 24.0 Å². The molecule has 8 nitrogen and oxygen atoms in total. The molecule has 2 aromatic rings. The molecule has 1 aliphatic rings. The van der Waals surface area contributed by atoms with Gasteiger partial charge in [-0.15, -0.1) is 24.0 Å². The largest absolute Gasteiger partial charge is 0.504 e. The Labute approximate surface area is 170 Å². The topological polar surface area (TPSA) is 96.6 Å². The van der Waals surface area contributed by atoms with Crippen molar-refractivity contribution in [3.63, 3.8) is 0 Å². The molecule has 9 heteroatoms. The van der Waals surface area contributed by atoms with Crippen molar-refractivity contribution >= 4 is 29.9 Å². The van der Waals surface area contributed by atoms with E-state index in [1.54, 1.807) is 18.5 Å². The Balaban J connectivity index is 0.00000243. The third kappa shape index (κ3) is 4.99. The Morgan fingerprint density at radius 2 is 2.31 bits per heavy atom. The average molecular weight is 472 g/mol. The molecule has 2 heterocycles. The first-order chi connectivity index (χ1) is 12.2. The summed E-state index contributed by atoms with van der Waals surface area (Å²) in [5.74, 6) is 2.38. The molecule has 0 saturated heterocycles. The molecular formula is C17H25IN6O2. The van der Waals surface area contributed by atoms with Crippen LogP contribution in [-0.2, 0) is 19.5 Å². The number of hydrogen-bond acceptors (Lipinski definition) is 5. The van der Waals surface area contributed by atoms with Crippen LogP contribution in [0.4, 0.5) is 0 Å². The molecule has 0 radical (unpaired) electrons. The maximum Gasteiger partial charge on any atom is 0.191 e. The molecule has 1 atom stereocenters. The van der Waals surface area contributed by atoms with Gasteiger partial charge in [0.05, 0.1) is 20.2 Å². The third-order valence-electron chi connectivity index (χ3n) is 4.15. The van der Waals surface area contributed by atoms with E-state index in [2.05, 4.69) is 25.7 Å². The van der Waals surface area contributed by atoms with Crippen molar-refractivity contribution in [1.29, 1.82) is 0 Å². The summed E-state index contributed by atoms with van der Waals surface area (Å²) < 4.78 is 7.00. The van der Waals surface area contributed by atoms with Gasteiger partial charge >= 0.3 is 0 Å². The van der Waals surface area contributed by atoms with E-state index < -0.39 is 0 Å². The normalized spacial score (nSPS) is 16.4. The number of aliphatic imine (C=N–C) groups is 1. The second-order valence-corrected chi connectivity index (χ2v) is 5.94. The fourth-order valence-electron chi connectivity index (χ4n) is 2.87. The van der Waals surface area contributed by atoms with E-state index in [0.717, 1.165) is 43.3 Å². The number of fused-ring (bicyclic) bond motifs is 1. The molecule has 0 spiro atoms. The minimum absolute atomic E-state index is 0. The summed E-state index contributed by atoms with van der Waals surface area (Å²) in [4.78, 5) is 8.86. The first-order valence-corrected chi connectivity index (χ1v) is 8.47. The Hall–Kier alpha value is -2.04. The van der Waals surface area contributed by atoms with Gasteiger partial charge in [-0.05, 0) is 31.0 Å². The molecule has 0 saturated carbocycles. The van der Waals surface area contributed by atoms with Crippen LogP contribution < -0.4 is 15.4 Å². The van der Waals surface area contributed by atoms with E-state index in [1.165, 1.54) is 7.11 Å². The monoisotopic (exact) mass is 472 g/mol. The lowest BCUT2D eigenvalue weighted by Crippen LogP contribution is -2.47. The number of nitrogens with zero attached hydrogens (tertiary/aromatic N) is 4. The number of halogens is 1. The number of ether oxygens (including phenoxy) is 1. The van der Waals surface area contributed by atoms with E-state index in [0.29, 0.717) is 12.3 Å². The number of nitrogens with one attached hydrogen (secondary N) is 2. The SMILES string of the molecule is CCNC(=NCc1ccc(OC)c(O)c1)NC1CCc2ncnn2C1.I. The molecule has 1 aliphatic heterocycles. The molecule has 1 aromatic heterocycles. The zero-order valence-electron chi connectivity index (χ0n) is 15.0. The van der Waals surface area contributed by atoms with Gasteiger partial charge in [0, 0.05) is 19.0 Å². The van der Waals surface area contributed by atoms with E-state index in [1.807, 2.05) is 17.7 Å². The average Bonchev–Trinajstić information content (AvgIpc) is 3.08. The Morgan fingerprint density at radius 1 is 1.46 bits per heavy atom. The van der Waals surface area contributed by atoms with Gasteiger partial charge < -0.3 is 20.5 Å². The fourth-order valence-corrected chi connectivity index (χ4v) is 2.87. The number of aryl methyl sites for hydroxylation is 1. The zero-order valence-corrected chi connectivity index (χ0v) is 17.3. The maximum atomic E-state index is 9.87. The molecule has 3 N–H and O–H groups in total. The molecule has 3 rings (SSSR count). The van der Waals surface area contributed by atoms with Gasteiger partial charge in [0.25, 0.3) is 0 Å². The number of aromatic nitrogens is 3. The van der Waals surface area contributed by atoms with Crippen LogP contribution in [-0.4, -0.2) is 45.5 Å². The number of phenolic OH excluding ortho intramolecular Hbond substituents is 1. The first kappa shape index (κ1) is 20.3. The second-order valence-electron chi connectivity index (χ2n) is 5.94. The summed E-state index contributed by atoms with van der Waals surface area (Å²) in [6.45, 7) is 4.06. The van der Waals surface area contributed by atoms with Gasteiger partial charge in [-0.2, -0.15) is 5.10 Å². The molecule has 1 unspecified atom stereocenters. The smallest absolute Gasteiger partial charge is 0.191 e. The van der Waals surface area contributed by atoms with E-state index in [9.17, 15) is 5.11 Å². The predicted molar refractivity (Wildman–Crippen MR) is 110 cm³/mol. The molecular weight excluding hydrogens is 447 g/mol. The molecule has 0 fully saturated rings. The lowest BCUT2D eigenvalue weighted by Gasteiger charge is -2.25. The summed E-state index contributed by atoms with van der Waals surface area (Å²) in [6, 6.07) is 5.58. The first-order valence-electron chi connectivity index (χ1n) is 8.47. The van der Waals surface area contributed by atoms with Crippen molar-refractivity contribution in [1.82, 2.24) is 25.4 Å². The molecule has 142 valence electrons. The van der Waals surface area contributed by atoms with Gasteiger partial charge in [-0.3, -0.25) is 0 Å². The third-order valence-corrected chi connectivity index (χ3v) is 4.15. The molecule has 0 amide bonds. The van der Waals surface area contributed by atoms with Crippen LogP contribution in [0.15, 0.2) is 29.5 Å². The maximum absolute atomic E-state index is 9.87. The van der Waals surface area contributed by atoms with Crippen LogP contribution in [0.1, 0.15) is 24.7 Å². The van der Waals surface area contributed by atoms with Crippen LogP contribution in [0.2, 0.25) is 0 Å². The standard InChI is InChI=1S/C17H24N6O2.HI/c1-3-18-17(19-9-12-4-6-15(25-2)14(24)8-12)22-13-5-7-16-20-11-21-23(16)10-13;/h4,6,8,11,13,24H,3,5,7,9-10H2,1-2H3,(H2,18,19,22);1H. The van der Waals surface area contributed by atoms with Crippen molar-refractivity contribution < 1.29 is 9.84 Å². The van der Waals surface area contributed by atoms with Crippen molar-refractivity contribution in [3.05, 3.63) is 35.9 Å². The van der Waals surface area contributed by atoms with Crippen molar-refractivity contribution in [2.24, 2.45) is 4.99 Å². The molecule has 0 bridgehead atoms. The summed E-state index contributed by atoms with van der Waals surface area (Å²) in [5.41, 5.74) is 0.915. The lowest BCUT2D eigenvalue weighted by atomic mass is 10.1. The predicted octanol–water partition coefficient (Wildman–Crippen LogP) is 1.68. The van der Waals surface area contributed by atoms with E-state index in [-0.39, 0.29) is 35.8 Å². The number of hydrogen-bond donors (Lipinski definition) is 3. The summed E-state index contributed by atoms with van der Waals surface area (Å²) in [5, 5.41) is 20.8. The fraction of sp³-hybridized carbons (Fsp3) is 0.471. The van der Waals surface area contributed by atoms with Crippen LogP contribution in [0, 0.1) is 0 Å². The summed E-state index contributed by atoms with van der Waals surface area (Å²) in [6.07, 6.45) is 3.50. The van der Waals surface area contributed by atoms with Gasteiger partial charge in [0.1, 0.15) is 12.2 Å². The Bertz CT molecular complexity index is 749. The molecule has 26 heavy (non-hydrogen) atoms. The number of aromatic hydroxyl groups is 1. The second kappa shape index (κ2) is 9.60. The quantitative estimate of drug-likeness (QED) is 0.348. The highest BCUT2D eigenvalue weighted by Crippen LogP contribution is 2.26. The van der Waals surface area contributed by atoms with E-state index in [4.69, 9.17) is 4.74 Å². The minimum Gasteiger partial charge on any atom is -0.504 e. The van der Waals surface area contributed by atoms with Gasteiger partial charge in [-0.25, -0.2) is 14.7 Å². The number of methoxy groups -OCH3 is 1. The number of guanidine groups is 1. The minimum atomic E-state index is 0. The van der Waals surface area contributed by atoms with Crippen molar-refractivity contribution in [3.8, 4) is 11.5 Å². The van der Waals surface area contributed by atoms with Crippen molar-refractivity contribution in [2.45, 2.75) is 38.9 Å². The lowest BCUT2D eigenvalue weighted by molar-refractivity contribution is 0.373. The van der Waals surface area contributed by atoms with Gasteiger partial charge in [0.2, 0.25) is 0 Å². The number of benzene rings is 1. The highest BCUT2D eigenvalue weighted by Gasteiger charge is 2.20. The summed E-state index contributed by atoms with van der Waals surface area (Å²) in [7, 11) is 1.53. The van der Waals surface area contributed by atoms with Gasteiger partial charge in [0.15, 0.2) is 17.5 Å². The van der Waals surface area contributed by atoms with E-state index >= 15 is 0 Å². The zero-order chi connectivity index (χ0) is 17.6. The van der Waals surface area contributed by atoms with Crippen LogP contribution in [0.5, 0.6) is 11.5 Å². The number of phenols is 1. The Kier molecular flexibility index (Phi) is 7.49. The highest BCUT2D eigenvalue weighted by atomic mass is 127. The van der Waals surface area contributed by atoms with Crippen molar-refractivity contribution in [2.75, 3.05) is 13.7 Å². The van der Waals surface area contributed by atoms with Crippen LogP contribution in [0.3, 0.4) is 0 Å². The molecule has 1 aromatic carbocycles. The Morgan fingerprint density at radius 3 is 3.04 bits per heavy atom.